The molecule has 1 aliphatic rings. The Hall–Kier alpha value is -1.60. The lowest BCUT2D eigenvalue weighted by Crippen LogP contribution is -2.30. The second kappa shape index (κ2) is 7.98. The third-order valence-corrected chi connectivity index (χ3v) is 5.76. The summed E-state index contributed by atoms with van der Waals surface area (Å²) in [5.41, 5.74) is 2.75. The molecule has 5 nitrogen and oxygen atoms in total. The highest BCUT2D eigenvalue weighted by molar-refractivity contribution is 8.01. The summed E-state index contributed by atoms with van der Waals surface area (Å²) >= 11 is 2.99. The van der Waals surface area contributed by atoms with E-state index >= 15 is 0 Å². The number of nitrogens with one attached hydrogen (secondary N) is 1. The van der Waals surface area contributed by atoms with Gasteiger partial charge in [-0.05, 0) is 61.6 Å². The van der Waals surface area contributed by atoms with Crippen LogP contribution in [0, 0.1) is 0 Å². The Balaban J connectivity index is 1.59. The molecule has 128 valence electrons. The number of benzene rings is 1. The van der Waals surface area contributed by atoms with Crippen molar-refractivity contribution in [3.8, 4) is 5.75 Å². The number of thioether (sulfide) groups is 1. The first-order valence-corrected chi connectivity index (χ1v) is 10.0. The minimum Gasteiger partial charge on any atom is -0.481 e. The molecule has 0 saturated heterocycles. The lowest BCUT2D eigenvalue weighted by atomic mass is 9.92. The van der Waals surface area contributed by atoms with E-state index in [0.29, 0.717) is 5.13 Å². The molecular weight excluding hydrogens is 342 g/mol. The summed E-state index contributed by atoms with van der Waals surface area (Å²) in [5, 5.41) is 11.3. The third-order valence-electron chi connectivity index (χ3n) is 3.91. The average Bonchev–Trinajstić information content (AvgIpc) is 3.02. The van der Waals surface area contributed by atoms with Crippen LogP contribution >= 0.6 is 23.1 Å². The van der Waals surface area contributed by atoms with E-state index in [1.54, 1.807) is 18.7 Å². The molecule has 0 saturated carbocycles. The van der Waals surface area contributed by atoms with Gasteiger partial charge in [0.15, 0.2) is 10.4 Å². The number of hydrogen-bond donors (Lipinski definition) is 1. The number of rotatable bonds is 6. The van der Waals surface area contributed by atoms with Crippen LogP contribution in [-0.2, 0) is 17.6 Å². The van der Waals surface area contributed by atoms with E-state index in [2.05, 4.69) is 34.6 Å². The molecule has 1 amide bonds. The van der Waals surface area contributed by atoms with Crippen molar-refractivity contribution in [1.29, 1.82) is 0 Å². The Bertz CT molecular complexity index is 718. The number of aryl methyl sites for hydroxylation is 2. The maximum Gasteiger partial charge on any atom is 0.266 e. The van der Waals surface area contributed by atoms with Crippen LogP contribution in [0.2, 0.25) is 0 Å². The summed E-state index contributed by atoms with van der Waals surface area (Å²) in [6.07, 6.45) is 4.13. The number of amides is 1. The van der Waals surface area contributed by atoms with Crippen molar-refractivity contribution in [2.24, 2.45) is 0 Å². The number of ether oxygens (including phenoxy) is 1. The Morgan fingerprint density at radius 2 is 2.12 bits per heavy atom. The molecule has 24 heavy (non-hydrogen) atoms. The van der Waals surface area contributed by atoms with Crippen molar-refractivity contribution in [3.63, 3.8) is 0 Å². The van der Waals surface area contributed by atoms with Gasteiger partial charge in [0.1, 0.15) is 5.75 Å². The predicted molar refractivity (Wildman–Crippen MR) is 98.1 cm³/mol. The zero-order chi connectivity index (χ0) is 16.9. The van der Waals surface area contributed by atoms with Crippen LogP contribution in [0.4, 0.5) is 5.13 Å². The Morgan fingerprint density at radius 1 is 1.33 bits per heavy atom. The Labute approximate surface area is 150 Å². The fourth-order valence-electron chi connectivity index (χ4n) is 2.69. The van der Waals surface area contributed by atoms with Crippen LogP contribution in [0.25, 0.3) is 0 Å². The molecule has 0 fully saturated rings. The number of anilines is 1. The average molecular weight is 364 g/mol. The largest absolute Gasteiger partial charge is 0.481 e. The minimum atomic E-state index is -0.585. The topological polar surface area (TPSA) is 64.1 Å². The van der Waals surface area contributed by atoms with E-state index in [1.165, 1.54) is 35.3 Å². The van der Waals surface area contributed by atoms with Gasteiger partial charge in [-0.1, -0.05) is 36.1 Å². The summed E-state index contributed by atoms with van der Waals surface area (Å²) in [7, 11) is 0. The van der Waals surface area contributed by atoms with Gasteiger partial charge >= 0.3 is 0 Å². The van der Waals surface area contributed by atoms with Gasteiger partial charge in [-0.3, -0.25) is 10.1 Å². The third kappa shape index (κ3) is 4.27. The molecule has 0 bridgehead atoms. The summed E-state index contributed by atoms with van der Waals surface area (Å²) in [6, 6.07) is 6.14. The fraction of sp³-hybridized carbons (Fsp3) is 0.471. The van der Waals surface area contributed by atoms with Crippen molar-refractivity contribution >= 4 is 34.1 Å². The molecule has 7 heteroatoms. The van der Waals surface area contributed by atoms with E-state index in [0.717, 1.165) is 28.7 Å². The minimum absolute atomic E-state index is 0.211. The number of fused-ring (bicyclic) bond motifs is 1. The van der Waals surface area contributed by atoms with E-state index in [9.17, 15) is 4.79 Å². The van der Waals surface area contributed by atoms with Crippen molar-refractivity contribution in [2.75, 3.05) is 11.1 Å². The van der Waals surface area contributed by atoms with Gasteiger partial charge in [-0.2, -0.15) is 0 Å². The molecule has 1 aliphatic carbocycles. The van der Waals surface area contributed by atoms with Crippen LogP contribution in [-0.4, -0.2) is 28.0 Å². The zero-order valence-corrected chi connectivity index (χ0v) is 15.5. The van der Waals surface area contributed by atoms with E-state index in [-0.39, 0.29) is 5.91 Å². The first kappa shape index (κ1) is 17.2. The quantitative estimate of drug-likeness (QED) is 0.622. The summed E-state index contributed by atoms with van der Waals surface area (Å²) < 4.78 is 6.67. The summed E-state index contributed by atoms with van der Waals surface area (Å²) in [4.78, 5) is 12.3. The van der Waals surface area contributed by atoms with Crippen LogP contribution in [0.3, 0.4) is 0 Å². The smallest absolute Gasteiger partial charge is 0.266 e. The molecule has 2 aromatic rings. The molecule has 1 aromatic carbocycles. The summed E-state index contributed by atoms with van der Waals surface area (Å²) in [6.45, 7) is 3.80. The Morgan fingerprint density at radius 3 is 2.92 bits per heavy atom. The number of hydrogen-bond acceptors (Lipinski definition) is 6. The van der Waals surface area contributed by atoms with Crippen molar-refractivity contribution < 1.29 is 9.53 Å². The Kier molecular flexibility index (Phi) is 5.73. The standard InChI is InChI=1S/C17H21N3O2S2/c1-3-23-17-20-19-16(24-17)18-15(21)11(2)22-14-9-8-12-6-4-5-7-13(12)10-14/h8-11H,3-7H2,1-2H3,(H,18,19,21). The molecule has 1 atom stereocenters. The maximum atomic E-state index is 12.3. The highest BCUT2D eigenvalue weighted by atomic mass is 32.2. The molecule has 0 spiro atoms. The van der Waals surface area contributed by atoms with Crippen molar-refractivity contribution in [1.82, 2.24) is 10.2 Å². The van der Waals surface area contributed by atoms with Crippen LogP contribution < -0.4 is 10.1 Å². The van der Waals surface area contributed by atoms with Gasteiger partial charge in [0.25, 0.3) is 5.91 Å². The molecule has 1 aromatic heterocycles. The molecule has 1 unspecified atom stereocenters. The normalized spacial score (nSPS) is 14.8. The van der Waals surface area contributed by atoms with Crippen LogP contribution in [0.5, 0.6) is 5.75 Å². The first-order chi connectivity index (χ1) is 11.7. The highest BCUT2D eigenvalue weighted by Crippen LogP contribution is 2.27. The monoisotopic (exact) mass is 363 g/mol. The van der Waals surface area contributed by atoms with Crippen LogP contribution in [0.1, 0.15) is 37.8 Å². The van der Waals surface area contributed by atoms with E-state index in [4.69, 9.17) is 4.74 Å². The maximum absolute atomic E-state index is 12.3. The van der Waals surface area contributed by atoms with Gasteiger partial charge in [0, 0.05) is 0 Å². The van der Waals surface area contributed by atoms with Gasteiger partial charge < -0.3 is 4.74 Å². The molecule has 1 N–H and O–H groups in total. The highest BCUT2D eigenvalue weighted by Gasteiger charge is 2.18. The molecule has 3 rings (SSSR count). The van der Waals surface area contributed by atoms with E-state index < -0.39 is 6.10 Å². The number of carbonyl (C=O) groups is 1. The lowest BCUT2D eigenvalue weighted by molar-refractivity contribution is -0.122. The molecular formula is C17H21N3O2S2. The number of carbonyl (C=O) groups excluding carboxylic acids is 1. The SMILES string of the molecule is CCSc1nnc(NC(=O)C(C)Oc2ccc3c(c2)CCCC3)s1. The van der Waals surface area contributed by atoms with Crippen molar-refractivity contribution in [2.45, 2.75) is 50.0 Å². The summed E-state index contributed by atoms with van der Waals surface area (Å²) in [5.74, 6) is 1.47. The van der Waals surface area contributed by atoms with Crippen molar-refractivity contribution in [3.05, 3.63) is 29.3 Å². The van der Waals surface area contributed by atoms with E-state index in [1.807, 2.05) is 6.07 Å². The number of aromatic nitrogens is 2. The van der Waals surface area contributed by atoms with Crippen LogP contribution in [0.15, 0.2) is 22.5 Å². The van der Waals surface area contributed by atoms with Gasteiger partial charge in [-0.25, -0.2) is 0 Å². The predicted octanol–water partition coefficient (Wildman–Crippen LogP) is 3.93. The number of nitrogens with zero attached hydrogens (tertiary/aromatic N) is 2. The van der Waals surface area contributed by atoms with Gasteiger partial charge in [-0.15, -0.1) is 10.2 Å². The van der Waals surface area contributed by atoms with Gasteiger partial charge in [0.05, 0.1) is 0 Å². The second-order valence-corrected chi connectivity index (χ2v) is 8.18. The fourth-order valence-corrected chi connectivity index (χ4v) is 4.34. The lowest BCUT2D eigenvalue weighted by Gasteiger charge is -2.18. The zero-order valence-electron chi connectivity index (χ0n) is 13.9. The van der Waals surface area contributed by atoms with Gasteiger partial charge in [0.2, 0.25) is 5.13 Å². The molecule has 0 radical (unpaired) electrons. The molecule has 0 aliphatic heterocycles. The first-order valence-electron chi connectivity index (χ1n) is 8.21. The molecule has 1 heterocycles. The second-order valence-electron chi connectivity index (χ2n) is 5.69.